The van der Waals surface area contributed by atoms with E-state index in [1.807, 2.05) is 60.4 Å². The number of carbonyl (C=O) groups excluding carboxylic acids is 2. The zero-order valence-corrected chi connectivity index (χ0v) is 19.5. The minimum atomic E-state index is -0.286. The summed E-state index contributed by atoms with van der Waals surface area (Å²) in [6, 6.07) is 15.1. The first-order valence-electron chi connectivity index (χ1n) is 12.2. The van der Waals surface area contributed by atoms with Crippen molar-refractivity contribution in [1.82, 2.24) is 4.90 Å². The van der Waals surface area contributed by atoms with Gasteiger partial charge in [-0.3, -0.25) is 4.79 Å². The molecule has 2 aromatic rings. The molecule has 2 fully saturated rings. The molecule has 0 radical (unpaired) electrons. The summed E-state index contributed by atoms with van der Waals surface area (Å²) in [6.07, 6.45) is 8.97. The molecule has 6 nitrogen and oxygen atoms in total. The standard InChI is InChI=1S/C27H35N3O3/c1-20-8-5-6-12-25(20)29-27(32)28-22-15-13-21(14-16-22)18-26(31)30-17-7-9-23(30)19-33-24-10-3-2-4-11-24/h5-6,8,12-16,23-24H,2-4,7,9-11,17-19H2,1H3,(H2,28,29,32)/t23-/m0/s1. The number of likely N-dealkylation sites (tertiary alicyclic amines) is 1. The van der Waals surface area contributed by atoms with Crippen LogP contribution in [0.3, 0.4) is 0 Å². The molecule has 1 aliphatic carbocycles. The van der Waals surface area contributed by atoms with Gasteiger partial charge in [0.15, 0.2) is 0 Å². The molecule has 1 aliphatic heterocycles. The van der Waals surface area contributed by atoms with Gasteiger partial charge >= 0.3 is 6.03 Å². The Morgan fingerprint density at radius 2 is 1.70 bits per heavy atom. The van der Waals surface area contributed by atoms with E-state index in [1.165, 1.54) is 19.3 Å². The van der Waals surface area contributed by atoms with E-state index in [0.29, 0.717) is 24.8 Å². The van der Waals surface area contributed by atoms with Crippen LogP contribution in [0.15, 0.2) is 48.5 Å². The normalized spacial score (nSPS) is 18.8. The average molecular weight is 450 g/mol. The lowest BCUT2D eigenvalue weighted by molar-refractivity contribution is -0.133. The summed E-state index contributed by atoms with van der Waals surface area (Å²) in [4.78, 5) is 27.3. The van der Waals surface area contributed by atoms with Crippen LogP contribution in [-0.2, 0) is 16.0 Å². The third-order valence-electron chi connectivity index (χ3n) is 6.73. The van der Waals surface area contributed by atoms with Gasteiger partial charge in [-0.1, -0.05) is 49.6 Å². The highest BCUT2D eigenvalue weighted by Crippen LogP contribution is 2.24. The van der Waals surface area contributed by atoms with Gasteiger partial charge in [-0.05, 0) is 61.9 Å². The lowest BCUT2D eigenvalue weighted by Gasteiger charge is -2.28. The number of hydrogen-bond donors (Lipinski definition) is 2. The van der Waals surface area contributed by atoms with Gasteiger partial charge in [0.2, 0.25) is 5.91 Å². The van der Waals surface area contributed by atoms with Gasteiger partial charge in [0.1, 0.15) is 0 Å². The zero-order valence-electron chi connectivity index (χ0n) is 19.5. The molecule has 0 spiro atoms. The fourth-order valence-corrected chi connectivity index (χ4v) is 4.80. The van der Waals surface area contributed by atoms with Crippen LogP contribution in [0.5, 0.6) is 0 Å². The minimum absolute atomic E-state index is 0.155. The van der Waals surface area contributed by atoms with Crippen molar-refractivity contribution in [2.45, 2.75) is 70.4 Å². The SMILES string of the molecule is Cc1ccccc1NC(=O)Nc1ccc(CC(=O)N2CCC[C@H]2COC2CCCCC2)cc1. The second kappa shape index (κ2) is 11.3. The van der Waals surface area contributed by atoms with Gasteiger partial charge in [0, 0.05) is 17.9 Å². The number of hydrogen-bond acceptors (Lipinski definition) is 3. The maximum atomic E-state index is 13.0. The summed E-state index contributed by atoms with van der Waals surface area (Å²) in [6.45, 7) is 3.43. The van der Waals surface area contributed by atoms with Gasteiger partial charge in [0.05, 0.1) is 25.2 Å². The lowest BCUT2D eigenvalue weighted by atomic mass is 9.98. The third kappa shape index (κ3) is 6.57. The second-order valence-electron chi connectivity index (χ2n) is 9.24. The Morgan fingerprint density at radius 1 is 0.939 bits per heavy atom. The van der Waals surface area contributed by atoms with Crippen molar-refractivity contribution in [3.63, 3.8) is 0 Å². The largest absolute Gasteiger partial charge is 0.376 e. The van der Waals surface area contributed by atoms with Gasteiger partial charge in [-0.25, -0.2) is 4.79 Å². The van der Waals surface area contributed by atoms with E-state index in [4.69, 9.17) is 4.74 Å². The first-order valence-corrected chi connectivity index (χ1v) is 12.2. The van der Waals surface area contributed by atoms with Crippen molar-refractivity contribution >= 4 is 23.3 Å². The molecule has 1 atom stereocenters. The van der Waals surface area contributed by atoms with Crippen LogP contribution in [-0.4, -0.2) is 42.1 Å². The second-order valence-corrected chi connectivity index (χ2v) is 9.24. The Labute approximate surface area is 196 Å². The van der Waals surface area contributed by atoms with Crippen molar-refractivity contribution in [2.24, 2.45) is 0 Å². The summed E-state index contributed by atoms with van der Waals surface area (Å²) in [5, 5.41) is 5.71. The molecule has 0 aromatic heterocycles. The van der Waals surface area contributed by atoms with E-state index in [2.05, 4.69) is 10.6 Å². The molecule has 176 valence electrons. The van der Waals surface area contributed by atoms with Crippen molar-refractivity contribution in [3.8, 4) is 0 Å². The number of para-hydroxylation sites is 1. The molecule has 4 rings (SSSR count). The Balaban J connectivity index is 1.25. The number of nitrogens with zero attached hydrogens (tertiary/aromatic N) is 1. The summed E-state index contributed by atoms with van der Waals surface area (Å²) >= 11 is 0. The first kappa shape index (κ1) is 23.3. The van der Waals surface area contributed by atoms with Crippen LogP contribution in [0.2, 0.25) is 0 Å². The molecule has 0 unspecified atom stereocenters. The van der Waals surface area contributed by atoms with Crippen LogP contribution in [0.4, 0.5) is 16.2 Å². The summed E-state index contributed by atoms with van der Waals surface area (Å²) in [5.41, 5.74) is 3.43. The Kier molecular flexibility index (Phi) is 8.00. The molecular weight excluding hydrogens is 414 g/mol. The van der Waals surface area contributed by atoms with Crippen LogP contribution in [0, 0.1) is 6.92 Å². The van der Waals surface area contributed by atoms with Gasteiger partial charge < -0.3 is 20.3 Å². The number of ether oxygens (including phenoxy) is 1. The average Bonchev–Trinajstić information content (AvgIpc) is 3.30. The highest BCUT2D eigenvalue weighted by Gasteiger charge is 2.29. The summed E-state index contributed by atoms with van der Waals surface area (Å²) in [7, 11) is 0. The smallest absolute Gasteiger partial charge is 0.323 e. The maximum Gasteiger partial charge on any atom is 0.323 e. The van der Waals surface area contributed by atoms with Gasteiger partial charge in [-0.2, -0.15) is 0 Å². The fraction of sp³-hybridized carbons (Fsp3) is 0.481. The van der Waals surface area contributed by atoms with E-state index in [9.17, 15) is 9.59 Å². The molecule has 1 saturated heterocycles. The van der Waals surface area contributed by atoms with Crippen LogP contribution >= 0.6 is 0 Å². The number of aryl methyl sites for hydroxylation is 1. The fourth-order valence-electron chi connectivity index (χ4n) is 4.80. The Hall–Kier alpha value is -2.86. The summed E-state index contributed by atoms with van der Waals surface area (Å²) < 4.78 is 6.16. The summed E-state index contributed by atoms with van der Waals surface area (Å²) in [5.74, 6) is 0.155. The third-order valence-corrected chi connectivity index (χ3v) is 6.73. The van der Waals surface area contributed by atoms with E-state index in [-0.39, 0.29) is 18.0 Å². The first-order chi connectivity index (χ1) is 16.1. The number of rotatable bonds is 7. The van der Waals surface area contributed by atoms with Crippen LogP contribution in [0.1, 0.15) is 56.1 Å². The predicted octanol–water partition coefficient (Wildman–Crippen LogP) is 5.52. The Bertz CT molecular complexity index is 938. The molecule has 33 heavy (non-hydrogen) atoms. The number of urea groups is 1. The number of anilines is 2. The molecular formula is C27H35N3O3. The monoisotopic (exact) mass is 449 g/mol. The molecule has 0 bridgehead atoms. The molecule has 2 aliphatic rings. The molecule has 1 saturated carbocycles. The molecule has 2 aromatic carbocycles. The van der Waals surface area contributed by atoms with Crippen molar-refractivity contribution in [2.75, 3.05) is 23.8 Å². The van der Waals surface area contributed by atoms with E-state index in [0.717, 1.165) is 49.0 Å². The Morgan fingerprint density at radius 3 is 2.45 bits per heavy atom. The van der Waals surface area contributed by atoms with Crippen LogP contribution in [0.25, 0.3) is 0 Å². The molecule has 2 N–H and O–H groups in total. The zero-order chi connectivity index (χ0) is 23.0. The lowest BCUT2D eigenvalue weighted by Crippen LogP contribution is -2.40. The topological polar surface area (TPSA) is 70.7 Å². The predicted molar refractivity (Wildman–Crippen MR) is 132 cm³/mol. The maximum absolute atomic E-state index is 13.0. The highest BCUT2D eigenvalue weighted by molar-refractivity contribution is 6.00. The van der Waals surface area contributed by atoms with E-state index >= 15 is 0 Å². The number of carbonyl (C=O) groups is 2. The molecule has 6 heteroatoms. The van der Waals surface area contributed by atoms with Gasteiger partial charge in [-0.15, -0.1) is 0 Å². The minimum Gasteiger partial charge on any atom is -0.376 e. The van der Waals surface area contributed by atoms with Crippen molar-refractivity contribution < 1.29 is 14.3 Å². The number of nitrogens with one attached hydrogen (secondary N) is 2. The van der Waals surface area contributed by atoms with Crippen molar-refractivity contribution in [3.05, 3.63) is 59.7 Å². The van der Waals surface area contributed by atoms with E-state index < -0.39 is 0 Å². The van der Waals surface area contributed by atoms with Crippen LogP contribution < -0.4 is 10.6 Å². The highest BCUT2D eigenvalue weighted by atomic mass is 16.5. The number of benzene rings is 2. The molecule has 3 amide bonds. The molecule has 1 heterocycles. The van der Waals surface area contributed by atoms with Gasteiger partial charge in [0.25, 0.3) is 0 Å². The quantitative estimate of drug-likeness (QED) is 0.585. The number of amides is 3. The van der Waals surface area contributed by atoms with E-state index in [1.54, 1.807) is 0 Å². The van der Waals surface area contributed by atoms with Crippen molar-refractivity contribution in [1.29, 1.82) is 0 Å².